The van der Waals surface area contributed by atoms with Crippen LogP contribution in [0.4, 0.5) is 5.69 Å². The van der Waals surface area contributed by atoms with Gasteiger partial charge in [-0.15, -0.1) is 27.4 Å². The summed E-state index contributed by atoms with van der Waals surface area (Å²) < 4.78 is 5.36. The zero-order chi connectivity index (χ0) is 13.4. The predicted molar refractivity (Wildman–Crippen MR) is 81.8 cm³/mol. The fourth-order valence-corrected chi connectivity index (χ4v) is 2.12. The van der Waals surface area contributed by atoms with Crippen molar-refractivity contribution in [2.45, 2.75) is 6.92 Å². The van der Waals surface area contributed by atoms with Crippen molar-refractivity contribution in [2.75, 3.05) is 12.8 Å². The smallest absolute Gasteiger partial charge is 0.169 e. The minimum absolute atomic E-state index is 0. The highest BCUT2D eigenvalue weighted by molar-refractivity contribution is 5.85. The number of rotatable bonds is 2. The highest BCUT2D eigenvalue weighted by Gasteiger charge is 2.13. The maximum absolute atomic E-state index is 5.97. The highest BCUT2D eigenvalue weighted by atomic mass is 35.5. The molecule has 2 aromatic carbocycles. The van der Waals surface area contributed by atoms with Gasteiger partial charge in [0.2, 0.25) is 0 Å². The molecule has 0 aliphatic carbocycles. The molecule has 0 atom stereocenters. The molecule has 20 heavy (non-hydrogen) atoms. The number of hydrogen-bond donors (Lipinski definition) is 1. The van der Waals surface area contributed by atoms with Crippen molar-refractivity contribution in [1.82, 2.24) is 15.0 Å². The van der Waals surface area contributed by atoms with Crippen molar-refractivity contribution >= 4 is 29.1 Å². The van der Waals surface area contributed by atoms with E-state index in [4.69, 9.17) is 10.5 Å². The first kappa shape index (κ1) is 14.1. The van der Waals surface area contributed by atoms with Gasteiger partial charge in [-0.05, 0) is 36.8 Å². The highest BCUT2D eigenvalue weighted by Crippen LogP contribution is 2.30. The molecule has 0 radical (unpaired) electrons. The second kappa shape index (κ2) is 5.38. The lowest BCUT2D eigenvalue weighted by atomic mass is 10.2. The number of hydrogen-bond acceptors (Lipinski definition) is 4. The molecule has 0 saturated carbocycles. The number of nitrogens with zero attached hydrogens (tertiary/aromatic N) is 3. The normalized spacial score (nSPS) is 10.3. The van der Waals surface area contributed by atoms with Crippen molar-refractivity contribution in [3.63, 3.8) is 0 Å². The number of benzene rings is 2. The fourth-order valence-electron chi connectivity index (χ4n) is 2.12. The van der Waals surface area contributed by atoms with Crippen LogP contribution in [0.2, 0.25) is 0 Å². The van der Waals surface area contributed by atoms with Crippen molar-refractivity contribution in [2.24, 2.45) is 0 Å². The average molecular weight is 291 g/mol. The first-order chi connectivity index (χ1) is 9.19. The summed E-state index contributed by atoms with van der Waals surface area (Å²) in [4.78, 5) is 1.56. The summed E-state index contributed by atoms with van der Waals surface area (Å²) >= 11 is 0. The molecule has 1 heterocycles. The average Bonchev–Trinajstić information content (AvgIpc) is 2.81. The number of anilines is 1. The van der Waals surface area contributed by atoms with Crippen LogP contribution in [0.3, 0.4) is 0 Å². The largest absolute Gasteiger partial charge is 0.492 e. The molecule has 0 fully saturated rings. The van der Waals surface area contributed by atoms with E-state index in [1.807, 2.05) is 43.3 Å². The molecule has 5 nitrogen and oxygen atoms in total. The molecule has 1 aromatic heterocycles. The molecule has 3 rings (SSSR count). The van der Waals surface area contributed by atoms with E-state index in [9.17, 15) is 0 Å². The molecule has 0 spiro atoms. The molecule has 0 aliphatic heterocycles. The molecular formula is C14H15ClN4O. The van der Waals surface area contributed by atoms with Gasteiger partial charge in [-0.1, -0.05) is 12.1 Å². The SMILES string of the molecule is COc1c(N)cc(C)cc1-n1nc2ccccc2n1.Cl. The minimum Gasteiger partial charge on any atom is -0.492 e. The zero-order valence-electron chi connectivity index (χ0n) is 11.2. The lowest BCUT2D eigenvalue weighted by Crippen LogP contribution is -2.04. The summed E-state index contributed by atoms with van der Waals surface area (Å²) in [5, 5.41) is 8.89. The monoisotopic (exact) mass is 290 g/mol. The van der Waals surface area contributed by atoms with E-state index in [1.54, 1.807) is 11.9 Å². The van der Waals surface area contributed by atoms with Gasteiger partial charge in [-0.2, -0.15) is 0 Å². The Morgan fingerprint density at radius 2 is 1.70 bits per heavy atom. The van der Waals surface area contributed by atoms with Crippen molar-refractivity contribution in [3.8, 4) is 11.4 Å². The Labute approximate surface area is 122 Å². The molecule has 0 bridgehead atoms. The van der Waals surface area contributed by atoms with E-state index in [0.29, 0.717) is 11.4 Å². The number of ether oxygens (including phenoxy) is 1. The molecule has 104 valence electrons. The summed E-state index contributed by atoms with van der Waals surface area (Å²) in [5.74, 6) is 0.589. The summed E-state index contributed by atoms with van der Waals surface area (Å²) in [7, 11) is 1.59. The van der Waals surface area contributed by atoms with Gasteiger partial charge >= 0.3 is 0 Å². The number of halogens is 1. The summed E-state index contributed by atoms with van der Waals surface area (Å²) in [6.45, 7) is 1.97. The van der Waals surface area contributed by atoms with Gasteiger partial charge in [0, 0.05) is 0 Å². The van der Waals surface area contributed by atoms with Crippen LogP contribution in [0.25, 0.3) is 16.7 Å². The molecular weight excluding hydrogens is 276 g/mol. The lowest BCUT2D eigenvalue weighted by molar-refractivity contribution is 0.412. The van der Waals surface area contributed by atoms with E-state index in [0.717, 1.165) is 22.3 Å². The van der Waals surface area contributed by atoms with E-state index < -0.39 is 0 Å². The van der Waals surface area contributed by atoms with Crippen molar-refractivity contribution in [1.29, 1.82) is 0 Å². The Bertz CT molecular complexity index is 721. The minimum atomic E-state index is 0. The third kappa shape index (κ3) is 2.28. The van der Waals surface area contributed by atoms with Gasteiger partial charge in [0.05, 0.1) is 12.8 Å². The second-order valence-electron chi connectivity index (χ2n) is 4.38. The predicted octanol–water partition coefficient (Wildman–Crippen LogP) is 2.74. The maximum atomic E-state index is 5.97. The van der Waals surface area contributed by atoms with E-state index in [1.165, 1.54) is 0 Å². The van der Waals surface area contributed by atoms with Crippen LogP contribution in [-0.4, -0.2) is 22.1 Å². The Hall–Kier alpha value is -2.27. The Morgan fingerprint density at radius 1 is 1.10 bits per heavy atom. The summed E-state index contributed by atoms with van der Waals surface area (Å²) in [5.41, 5.74) is 10.0. The van der Waals surface area contributed by atoms with E-state index in [2.05, 4.69) is 10.2 Å². The molecule has 6 heteroatoms. The van der Waals surface area contributed by atoms with Crippen LogP contribution in [0.15, 0.2) is 36.4 Å². The number of fused-ring (bicyclic) bond motifs is 1. The first-order valence-corrected chi connectivity index (χ1v) is 5.95. The van der Waals surface area contributed by atoms with Crippen molar-refractivity contribution in [3.05, 3.63) is 42.0 Å². The lowest BCUT2D eigenvalue weighted by Gasteiger charge is -2.11. The van der Waals surface area contributed by atoms with Gasteiger partial charge in [-0.25, -0.2) is 0 Å². The Balaban J connectivity index is 0.00000147. The van der Waals surface area contributed by atoms with Crippen LogP contribution in [0, 0.1) is 6.92 Å². The Kier molecular flexibility index (Phi) is 3.81. The third-order valence-electron chi connectivity index (χ3n) is 2.95. The van der Waals surface area contributed by atoms with E-state index >= 15 is 0 Å². The molecule has 2 N–H and O–H groups in total. The van der Waals surface area contributed by atoms with Crippen LogP contribution in [-0.2, 0) is 0 Å². The first-order valence-electron chi connectivity index (χ1n) is 5.95. The number of nitrogen functional groups attached to an aromatic ring is 1. The quantitative estimate of drug-likeness (QED) is 0.737. The van der Waals surface area contributed by atoms with Crippen LogP contribution < -0.4 is 10.5 Å². The van der Waals surface area contributed by atoms with Crippen molar-refractivity contribution < 1.29 is 4.74 Å². The van der Waals surface area contributed by atoms with Gasteiger partial charge in [0.1, 0.15) is 16.7 Å². The van der Waals surface area contributed by atoms with Gasteiger partial charge in [0.15, 0.2) is 5.75 Å². The van der Waals surface area contributed by atoms with Crippen LogP contribution >= 0.6 is 12.4 Å². The van der Waals surface area contributed by atoms with Crippen LogP contribution in [0.5, 0.6) is 5.75 Å². The number of aryl methyl sites for hydroxylation is 1. The van der Waals surface area contributed by atoms with Gasteiger partial charge < -0.3 is 10.5 Å². The number of aromatic nitrogens is 3. The zero-order valence-corrected chi connectivity index (χ0v) is 12.0. The molecule has 0 aliphatic rings. The molecule has 0 amide bonds. The molecule has 3 aromatic rings. The Morgan fingerprint density at radius 3 is 2.25 bits per heavy atom. The second-order valence-corrected chi connectivity index (χ2v) is 4.38. The van der Waals surface area contributed by atoms with Gasteiger partial charge in [-0.3, -0.25) is 0 Å². The van der Waals surface area contributed by atoms with Crippen LogP contribution in [0.1, 0.15) is 5.56 Å². The standard InChI is InChI=1S/C14H14N4O.ClH/c1-9-7-10(15)14(19-2)13(8-9)18-16-11-5-3-4-6-12(11)17-18;/h3-8H,15H2,1-2H3;1H. The van der Waals surface area contributed by atoms with E-state index in [-0.39, 0.29) is 12.4 Å². The number of methoxy groups -OCH3 is 1. The fraction of sp³-hybridized carbons (Fsp3) is 0.143. The summed E-state index contributed by atoms with van der Waals surface area (Å²) in [6.07, 6.45) is 0. The molecule has 0 unspecified atom stereocenters. The maximum Gasteiger partial charge on any atom is 0.169 e. The van der Waals surface area contributed by atoms with Gasteiger partial charge in [0.25, 0.3) is 0 Å². The summed E-state index contributed by atoms with van der Waals surface area (Å²) in [6, 6.07) is 11.5. The molecule has 0 saturated heterocycles. The topological polar surface area (TPSA) is 66.0 Å². The number of nitrogens with two attached hydrogens (primary N) is 1. The third-order valence-corrected chi connectivity index (χ3v) is 2.95.